The summed E-state index contributed by atoms with van der Waals surface area (Å²) in [6.45, 7) is 8.44. The number of nitrogens with one attached hydrogen (secondary N) is 1. The van der Waals surface area contributed by atoms with Crippen LogP contribution in [0.3, 0.4) is 0 Å². The molecule has 0 aliphatic rings. The highest BCUT2D eigenvalue weighted by Gasteiger charge is 2.13. The molecule has 0 atom stereocenters. The Morgan fingerprint density at radius 2 is 2.17 bits per heavy atom. The molecule has 0 aromatic carbocycles. The first-order chi connectivity index (χ1) is 8.63. The van der Waals surface area contributed by atoms with Crippen LogP contribution in [-0.4, -0.2) is 23.4 Å². The quantitative estimate of drug-likeness (QED) is 0.618. The molecule has 102 valence electrons. The normalized spacial score (nSPS) is 12.2. The van der Waals surface area contributed by atoms with Crippen LogP contribution < -0.4 is 5.32 Å². The first kappa shape index (κ1) is 15.4. The Kier molecular flexibility index (Phi) is 6.65. The van der Waals surface area contributed by atoms with E-state index in [9.17, 15) is 0 Å². The minimum Gasteiger partial charge on any atom is -0.319 e. The summed E-state index contributed by atoms with van der Waals surface area (Å²) in [7, 11) is 1.99. The van der Waals surface area contributed by atoms with E-state index in [0.717, 1.165) is 38.0 Å². The Morgan fingerprint density at radius 1 is 1.44 bits per heavy atom. The highest BCUT2D eigenvalue weighted by atomic mass is 79.9. The minimum absolute atomic E-state index is 0.928. The van der Waals surface area contributed by atoms with Gasteiger partial charge in [0, 0.05) is 13.0 Å². The summed E-state index contributed by atoms with van der Waals surface area (Å²) in [4.78, 5) is 0. The molecule has 1 rings (SSSR count). The molecule has 0 radical (unpaired) electrons. The van der Waals surface area contributed by atoms with E-state index < -0.39 is 0 Å². The van der Waals surface area contributed by atoms with Crippen molar-refractivity contribution in [3.8, 4) is 0 Å². The van der Waals surface area contributed by atoms with Gasteiger partial charge in [0.1, 0.15) is 0 Å². The van der Waals surface area contributed by atoms with Crippen molar-refractivity contribution in [1.82, 2.24) is 15.1 Å². The van der Waals surface area contributed by atoms with E-state index in [1.807, 2.05) is 7.05 Å². The third kappa shape index (κ3) is 3.95. The highest BCUT2D eigenvalue weighted by molar-refractivity contribution is 9.10. The predicted molar refractivity (Wildman–Crippen MR) is 81.0 cm³/mol. The van der Waals surface area contributed by atoms with Gasteiger partial charge in [-0.25, -0.2) is 0 Å². The standard InChI is InChI=1S/C14H24BrN3/c1-5-12-14(15)13(18(6-2)17-12)10-11(3)8-7-9-16-4/h8,16H,5-7,9-10H2,1-4H3. The third-order valence-electron chi connectivity index (χ3n) is 3.03. The van der Waals surface area contributed by atoms with Gasteiger partial charge in [0.05, 0.1) is 15.9 Å². The van der Waals surface area contributed by atoms with Gasteiger partial charge in [-0.2, -0.15) is 5.10 Å². The summed E-state index contributed by atoms with van der Waals surface area (Å²) in [5.41, 5.74) is 3.87. The van der Waals surface area contributed by atoms with Crippen molar-refractivity contribution >= 4 is 15.9 Å². The van der Waals surface area contributed by atoms with Gasteiger partial charge in [0.25, 0.3) is 0 Å². The van der Waals surface area contributed by atoms with E-state index in [1.54, 1.807) is 0 Å². The smallest absolute Gasteiger partial charge is 0.0766 e. The average molecular weight is 314 g/mol. The molecular weight excluding hydrogens is 290 g/mol. The monoisotopic (exact) mass is 313 g/mol. The van der Waals surface area contributed by atoms with Crippen molar-refractivity contribution in [2.24, 2.45) is 0 Å². The zero-order valence-corrected chi connectivity index (χ0v) is 13.5. The molecule has 18 heavy (non-hydrogen) atoms. The summed E-state index contributed by atoms with van der Waals surface area (Å²) in [5, 5.41) is 7.79. The molecule has 1 aromatic rings. The zero-order valence-electron chi connectivity index (χ0n) is 11.9. The number of halogens is 1. The fraction of sp³-hybridized carbons (Fsp3) is 0.643. The lowest BCUT2D eigenvalue weighted by Gasteiger charge is -2.06. The molecule has 0 amide bonds. The average Bonchev–Trinajstić information content (AvgIpc) is 2.66. The first-order valence-corrected chi connectivity index (χ1v) is 7.47. The van der Waals surface area contributed by atoms with Crippen molar-refractivity contribution in [2.45, 2.75) is 46.6 Å². The Balaban J connectivity index is 2.82. The van der Waals surface area contributed by atoms with Gasteiger partial charge in [-0.3, -0.25) is 4.68 Å². The summed E-state index contributed by atoms with van der Waals surface area (Å²) < 4.78 is 3.30. The molecule has 4 heteroatoms. The van der Waals surface area contributed by atoms with Crippen LogP contribution in [0.5, 0.6) is 0 Å². The molecule has 0 fully saturated rings. The van der Waals surface area contributed by atoms with Crippen molar-refractivity contribution < 1.29 is 0 Å². The molecule has 0 saturated carbocycles. The van der Waals surface area contributed by atoms with Gasteiger partial charge in [0.2, 0.25) is 0 Å². The van der Waals surface area contributed by atoms with E-state index in [0.29, 0.717) is 0 Å². The molecule has 0 spiro atoms. The van der Waals surface area contributed by atoms with E-state index in [4.69, 9.17) is 0 Å². The Bertz CT molecular complexity index is 407. The van der Waals surface area contributed by atoms with Crippen LogP contribution in [0.25, 0.3) is 0 Å². The number of aryl methyl sites for hydroxylation is 2. The largest absolute Gasteiger partial charge is 0.319 e. The Labute approximate surface area is 119 Å². The van der Waals surface area contributed by atoms with Gasteiger partial charge in [0.15, 0.2) is 0 Å². The zero-order chi connectivity index (χ0) is 13.5. The fourth-order valence-corrected chi connectivity index (χ4v) is 2.69. The van der Waals surface area contributed by atoms with Gasteiger partial charge in [-0.05, 0) is 56.2 Å². The van der Waals surface area contributed by atoms with Crippen LogP contribution >= 0.6 is 15.9 Å². The van der Waals surface area contributed by atoms with Crippen molar-refractivity contribution in [3.05, 3.63) is 27.5 Å². The number of hydrogen-bond acceptors (Lipinski definition) is 2. The van der Waals surface area contributed by atoms with E-state index in [-0.39, 0.29) is 0 Å². The summed E-state index contributed by atoms with van der Waals surface area (Å²) in [6.07, 6.45) is 5.34. The topological polar surface area (TPSA) is 29.9 Å². The van der Waals surface area contributed by atoms with Crippen LogP contribution in [0, 0.1) is 0 Å². The molecule has 0 aliphatic carbocycles. The Hall–Kier alpha value is -0.610. The lowest BCUT2D eigenvalue weighted by Crippen LogP contribution is -2.07. The summed E-state index contributed by atoms with van der Waals surface area (Å²) >= 11 is 3.69. The fourth-order valence-electron chi connectivity index (χ4n) is 1.99. The van der Waals surface area contributed by atoms with Crippen molar-refractivity contribution in [3.63, 3.8) is 0 Å². The molecule has 1 aromatic heterocycles. The van der Waals surface area contributed by atoms with Crippen LogP contribution in [-0.2, 0) is 19.4 Å². The molecule has 1 heterocycles. The number of nitrogens with zero attached hydrogens (tertiary/aromatic N) is 2. The molecule has 1 N–H and O–H groups in total. The van der Waals surface area contributed by atoms with Crippen LogP contribution in [0.4, 0.5) is 0 Å². The number of allylic oxidation sites excluding steroid dienone is 1. The van der Waals surface area contributed by atoms with E-state index >= 15 is 0 Å². The lowest BCUT2D eigenvalue weighted by atomic mass is 10.1. The predicted octanol–water partition coefficient (Wildman–Crippen LogP) is 3.33. The maximum absolute atomic E-state index is 4.63. The molecule has 0 aliphatic heterocycles. The number of hydrogen-bond donors (Lipinski definition) is 1. The molecular formula is C14H24BrN3. The Morgan fingerprint density at radius 3 is 2.72 bits per heavy atom. The second-order valence-corrected chi connectivity index (χ2v) is 5.29. The number of rotatable bonds is 7. The van der Waals surface area contributed by atoms with Crippen LogP contribution in [0.15, 0.2) is 16.1 Å². The van der Waals surface area contributed by atoms with Crippen molar-refractivity contribution in [2.75, 3.05) is 13.6 Å². The van der Waals surface area contributed by atoms with E-state index in [2.05, 4.69) is 57.9 Å². The molecule has 0 unspecified atom stereocenters. The second kappa shape index (κ2) is 7.74. The molecule has 3 nitrogen and oxygen atoms in total. The van der Waals surface area contributed by atoms with Crippen molar-refractivity contribution in [1.29, 1.82) is 0 Å². The van der Waals surface area contributed by atoms with Crippen LogP contribution in [0.1, 0.15) is 38.6 Å². The van der Waals surface area contributed by atoms with E-state index in [1.165, 1.54) is 15.7 Å². The van der Waals surface area contributed by atoms with Gasteiger partial charge in [-0.15, -0.1) is 0 Å². The highest BCUT2D eigenvalue weighted by Crippen LogP contribution is 2.24. The first-order valence-electron chi connectivity index (χ1n) is 6.68. The van der Waals surface area contributed by atoms with Gasteiger partial charge < -0.3 is 5.32 Å². The van der Waals surface area contributed by atoms with Gasteiger partial charge in [-0.1, -0.05) is 18.6 Å². The molecule has 0 saturated heterocycles. The third-order valence-corrected chi connectivity index (χ3v) is 3.94. The summed E-state index contributed by atoms with van der Waals surface area (Å²) in [6, 6.07) is 0. The van der Waals surface area contributed by atoms with Gasteiger partial charge >= 0.3 is 0 Å². The number of aromatic nitrogens is 2. The summed E-state index contributed by atoms with van der Waals surface area (Å²) in [5.74, 6) is 0. The minimum atomic E-state index is 0.928. The lowest BCUT2D eigenvalue weighted by molar-refractivity contribution is 0.619. The van der Waals surface area contributed by atoms with Crippen LogP contribution in [0.2, 0.25) is 0 Å². The second-order valence-electron chi connectivity index (χ2n) is 4.50. The maximum atomic E-state index is 4.63. The maximum Gasteiger partial charge on any atom is 0.0766 e. The molecule has 0 bridgehead atoms. The SMILES string of the molecule is CCc1nn(CC)c(CC(C)=CCCNC)c1Br.